The van der Waals surface area contributed by atoms with E-state index >= 15 is 0 Å². The Hall–Kier alpha value is -0.210. The van der Waals surface area contributed by atoms with Crippen LogP contribution in [0.3, 0.4) is 0 Å². The molecule has 19 heavy (non-hydrogen) atoms. The van der Waals surface area contributed by atoms with Gasteiger partial charge in [-0.2, -0.15) is 17.0 Å². The molecule has 2 unspecified atom stereocenters. The summed E-state index contributed by atoms with van der Waals surface area (Å²) in [6.45, 7) is 4.90. The van der Waals surface area contributed by atoms with Gasteiger partial charge in [-0.05, 0) is 32.7 Å². The molecule has 0 bridgehead atoms. The Morgan fingerprint density at radius 2 is 2.11 bits per heavy atom. The summed E-state index contributed by atoms with van der Waals surface area (Å²) in [4.78, 5) is 2.41. The Labute approximate surface area is 116 Å². The molecule has 0 aromatic heterocycles. The number of aliphatic hydroxyl groups is 1. The maximum absolute atomic E-state index is 12.5. The predicted octanol–water partition coefficient (Wildman–Crippen LogP) is -0.286. The monoisotopic (exact) mass is 291 g/mol. The van der Waals surface area contributed by atoms with Gasteiger partial charge in [0.1, 0.15) is 0 Å². The third-order valence-electron chi connectivity index (χ3n) is 4.20. The Bertz CT molecular complexity index is 401. The molecule has 2 rings (SSSR count). The highest BCUT2D eigenvalue weighted by Crippen LogP contribution is 2.27. The van der Waals surface area contributed by atoms with Gasteiger partial charge < -0.3 is 5.11 Å². The first-order chi connectivity index (χ1) is 8.96. The van der Waals surface area contributed by atoms with Gasteiger partial charge in [0.15, 0.2) is 0 Å². The summed E-state index contributed by atoms with van der Waals surface area (Å²) in [5.74, 6) is 0. The van der Waals surface area contributed by atoms with E-state index in [1.165, 1.54) is 10.7 Å². The molecule has 1 N–H and O–H groups in total. The quantitative estimate of drug-likeness (QED) is 0.756. The van der Waals surface area contributed by atoms with Crippen LogP contribution in [0.5, 0.6) is 0 Å². The van der Waals surface area contributed by atoms with Crippen molar-refractivity contribution in [2.24, 2.45) is 0 Å². The van der Waals surface area contributed by atoms with Gasteiger partial charge in [0, 0.05) is 45.4 Å². The SMILES string of the molecule is CC1CN2CCCC2CN1S(=O)(=O)N(C)CCCO. The van der Waals surface area contributed by atoms with Crippen molar-refractivity contribution in [2.75, 3.05) is 39.8 Å². The van der Waals surface area contributed by atoms with Gasteiger partial charge in [-0.3, -0.25) is 4.90 Å². The van der Waals surface area contributed by atoms with E-state index < -0.39 is 10.2 Å². The average Bonchev–Trinajstić information content (AvgIpc) is 2.81. The first-order valence-electron chi connectivity index (χ1n) is 7.05. The van der Waals surface area contributed by atoms with E-state index in [0.717, 1.165) is 19.5 Å². The zero-order chi connectivity index (χ0) is 14.0. The molecule has 2 saturated heterocycles. The fraction of sp³-hybridized carbons (Fsp3) is 1.00. The number of hydrogen-bond acceptors (Lipinski definition) is 4. The molecule has 6 nitrogen and oxygen atoms in total. The molecule has 0 amide bonds. The Balaban J connectivity index is 2.06. The molecule has 2 aliphatic heterocycles. The minimum absolute atomic E-state index is 0.0197. The third-order valence-corrected chi connectivity index (χ3v) is 6.27. The molecular weight excluding hydrogens is 266 g/mol. The molecule has 0 saturated carbocycles. The maximum atomic E-state index is 12.5. The lowest BCUT2D eigenvalue weighted by atomic mass is 10.1. The summed E-state index contributed by atoms with van der Waals surface area (Å²) < 4.78 is 28.1. The summed E-state index contributed by atoms with van der Waals surface area (Å²) in [7, 11) is -1.80. The van der Waals surface area contributed by atoms with E-state index in [-0.39, 0.29) is 12.6 Å². The minimum atomic E-state index is -3.39. The lowest BCUT2D eigenvalue weighted by Crippen LogP contribution is -2.59. The van der Waals surface area contributed by atoms with Gasteiger partial charge in [0.05, 0.1) is 0 Å². The van der Waals surface area contributed by atoms with Crippen molar-refractivity contribution in [3.05, 3.63) is 0 Å². The van der Waals surface area contributed by atoms with Crippen LogP contribution >= 0.6 is 0 Å². The molecule has 112 valence electrons. The van der Waals surface area contributed by atoms with Gasteiger partial charge in [0.25, 0.3) is 10.2 Å². The van der Waals surface area contributed by atoms with Crippen molar-refractivity contribution >= 4 is 10.2 Å². The van der Waals surface area contributed by atoms with Crippen molar-refractivity contribution in [3.8, 4) is 0 Å². The highest BCUT2D eigenvalue weighted by atomic mass is 32.2. The standard InChI is InChI=1S/C12H25N3O3S/c1-11-9-14-7-3-5-12(14)10-15(11)19(17,18)13(2)6-4-8-16/h11-12,16H,3-10H2,1-2H3. The normalized spacial score (nSPS) is 29.9. The first-order valence-corrected chi connectivity index (χ1v) is 8.44. The molecule has 0 aromatic carbocycles. The van der Waals surface area contributed by atoms with Crippen LogP contribution < -0.4 is 0 Å². The molecule has 0 aliphatic carbocycles. The topological polar surface area (TPSA) is 64.1 Å². The molecule has 2 atom stereocenters. The highest BCUT2D eigenvalue weighted by molar-refractivity contribution is 7.86. The van der Waals surface area contributed by atoms with Gasteiger partial charge in [0.2, 0.25) is 0 Å². The van der Waals surface area contributed by atoms with E-state index in [0.29, 0.717) is 25.6 Å². The minimum Gasteiger partial charge on any atom is -0.396 e. The zero-order valence-electron chi connectivity index (χ0n) is 11.8. The molecular formula is C12H25N3O3S. The molecule has 2 fully saturated rings. The highest BCUT2D eigenvalue weighted by Gasteiger charge is 2.40. The molecule has 7 heteroatoms. The Morgan fingerprint density at radius 1 is 1.37 bits per heavy atom. The van der Waals surface area contributed by atoms with Crippen molar-refractivity contribution < 1.29 is 13.5 Å². The second-order valence-corrected chi connectivity index (χ2v) is 7.60. The summed E-state index contributed by atoms with van der Waals surface area (Å²) in [5, 5.41) is 8.82. The first kappa shape index (κ1) is 15.2. The summed E-state index contributed by atoms with van der Waals surface area (Å²) in [5.41, 5.74) is 0. The number of fused-ring (bicyclic) bond motifs is 1. The van der Waals surface area contributed by atoms with E-state index in [4.69, 9.17) is 5.11 Å². The maximum Gasteiger partial charge on any atom is 0.282 e. The number of nitrogens with zero attached hydrogens (tertiary/aromatic N) is 3. The second-order valence-electron chi connectivity index (χ2n) is 5.62. The summed E-state index contributed by atoms with van der Waals surface area (Å²) >= 11 is 0. The van der Waals surface area contributed by atoms with Crippen LogP contribution in [0.25, 0.3) is 0 Å². The van der Waals surface area contributed by atoms with Crippen LogP contribution in [0.4, 0.5) is 0 Å². The average molecular weight is 291 g/mol. The number of rotatable bonds is 5. The van der Waals surface area contributed by atoms with Gasteiger partial charge in [-0.25, -0.2) is 0 Å². The van der Waals surface area contributed by atoms with Crippen LogP contribution in [0, 0.1) is 0 Å². The van der Waals surface area contributed by atoms with E-state index in [1.54, 1.807) is 11.4 Å². The van der Waals surface area contributed by atoms with Crippen LogP contribution in [0.15, 0.2) is 0 Å². The van der Waals surface area contributed by atoms with Gasteiger partial charge in [-0.15, -0.1) is 0 Å². The van der Waals surface area contributed by atoms with E-state index in [2.05, 4.69) is 4.90 Å². The lowest BCUT2D eigenvalue weighted by Gasteiger charge is -2.42. The predicted molar refractivity (Wildman–Crippen MR) is 74.0 cm³/mol. The van der Waals surface area contributed by atoms with Crippen LogP contribution in [0.2, 0.25) is 0 Å². The number of aliphatic hydroxyl groups excluding tert-OH is 1. The summed E-state index contributed by atoms with van der Waals surface area (Å²) in [6.07, 6.45) is 2.75. The van der Waals surface area contributed by atoms with Crippen LogP contribution in [-0.2, 0) is 10.2 Å². The molecule has 0 aromatic rings. The molecule has 2 aliphatic rings. The van der Waals surface area contributed by atoms with Crippen molar-refractivity contribution in [1.82, 2.24) is 13.5 Å². The van der Waals surface area contributed by atoms with Gasteiger partial charge >= 0.3 is 0 Å². The number of piperazine rings is 1. The smallest absolute Gasteiger partial charge is 0.282 e. The van der Waals surface area contributed by atoms with Crippen molar-refractivity contribution in [1.29, 1.82) is 0 Å². The fourth-order valence-corrected chi connectivity index (χ4v) is 4.67. The Morgan fingerprint density at radius 3 is 2.79 bits per heavy atom. The van der Waals surface area contributed by atoms with Crippen molar-refractivity contribution in [2.45, 2.75) is 38.3 Å². The van der Waals surface area contributed by atoms with E-state index in [9.17, 15) is 8.42 Å². The van der Waals surface area contributed by atoms with Gasteiger partial charge in [-0.1, -0.05) is 0 Å². The fourth-order valence-electron chi connectivity index (χ4n) is 3.07. The molecule has 2 heterocycles. The van der Waals surface area contributed by atoms with Crippen LogP contribution in [0.1, 0.15) is 26.2 Å². The largest absolute Gasteiger partial charge is 0.396 e. The van der Waals surface area contributed by atoms with Crippen molar-refractivity contribution in [3.63, 3.8) is 0 Å². The third kappa shape index (κ3) is 3.11. The zero-order valence-corrected chi connectivity index (χ0v) is 12.6. The number of hydrogen-bond donors (Lipinski definition) is 1. The summed E-state index contributed by atoms with van der Waals surface area (Å²) in [6, 6.07) is 0.410. The van der Waals surface area contributed by atoms with Crippen LogP contribution in [-0.4, -0.2) is 79.0 Å². The molecule has 0 spiro atoms. The Kier molecular flexibility index (Phi) is 4.84. The van der Waals surface area contributed by atoms with E-state index in [1.807, 2.05) is 6.92 Å². The molecule has 0 radical (unpaired) electrons. The lowest BCUT2D eigenvalue weighted by molar-refractivity contribution is 0.112. The second kappa shape index (κ2) is 6.05.